The summed E-state index contributed by atoms with van der Waals surface area (Å²) >= 11 is 1.48. The van der Waals surface area contributed by atoms with E-state index in [0.717, 1.165) is 16.9 Å². The Hall–Kier alpha value is -2.21. The number of nitrogens with zero attached hydrogens (tertiary/aromatic N) is 2. The fourth-order valence-corrected chi connectivity index (χ4v) is 4.00. The summed E-state index contributed by atoms with van der Waals surface area (Å²) in [5.74, 6) is 0.390. The van der Waals surface area contributed by atoms with Crippen LogP contribution in [0.5, 0.6) is 0 Å². The van der Waals surface area contributed by atoms with Gasteiger partial charge in [-0.05, 0) is 49.6 Å². The van der Waals surface area contributed by atoms with Gasteiger partial charge in [-0.15, -0.1) is 0 Å². The third-order valence-electron chi connectivity index (χ3n) is 4.45. The number of aromatic nitrogens is 1. The molecule has 2 heterocycles. The number of hydrogen-bond donors (Lipinski definition) is 1. The van der Waals surface area contributed by atoms with Gasteiger partial charge in [0, 0.05) is 23.9 Å². The van der Waals surface area contributed by atoms with Crippen LogP contribution < -0.4 is 5.73 Å². The van der Waals surface area contributed by atoms with E-state index in [0.29, 0.717) is 22.8 Å². The van der Waals surface area contributed by atoms with Gasteiger partial charge in [-0.25, -0.2) is 4.39 Å². The molecule has 0 saturated heterocycles. The Labute approximate surface area is 150 Å². The number of thioether (sulfide) groups is 1. The molecule has 6 heteroatoms. The summed E-state index contributed by atoms with van der Waals surface area (Å²) in [4.78, 5) is 21.2. The van der Waals surface area contributed by atoms with Crippen molar-refractivity contribution in [3.05, 3.63) is 64.7 Å². The van der Waals surface area contributed by atoms with Crippen LogP contribution in [0.2, 0.25) is 0 Å². The van der Waals surface area contributed by atoms with E-state index in [2.05, 4.69) is 9.98 Å². The van der Waals surface area contributed by atoms with Crippen molar-refractivity contribution >= 4 is 22.7 Å². The number of aliphatic imine (C=N–C) groups is 1. The Kier molecular flexibility index (Phi) is 4.90. The zero-order chi connectivity index (χ0) is 18.0. The molecule has 3 rings (SSSR count). The van der Waals surface area contributed by atoms with Gasteiger partial charge in [-0.1, -0.05) is 23.9 Å². The number of hydrogen-bond acceptors (Lipinski definition) is 5. The minimum absolute atomic E-state index is 0.0805. The van der Waals surface area contributed by atoms with E-state index in [9.17, 15) is 9.18 Å². The molecule has 130 valence electrons. The first-order valence-corrected chi connectivity index (χ1v) is 9.09. The molecular formula is C19H20FN3OS. The van der Waals surface area contributed by atoms with Crippen LogP contribution in [0.3, 0.4) is 0 Å². The van der Waals surface area contributed by atoms with E-state index in [4.69, 9.17) is 5.73 Å². The zero-order valence-corrected chi connectivity index (χ0v) is 15.1. The van der Waals surface area contributed by atoms with E-state index < -0.39 is 5.54 Å². The number of carbonyl (C=O) groups excluding carboxylic acids is 1. The fourth-order valence-electron chi connectivity index (χ4n) is 3.02. The lowest BCUT2D eigenvalue weighted by Crippen LogP contribution is -2.29. The van der Waals surface area contributed by atoms with Crippen LogP contribution in [0.25, 0.3) is 0 Å². The van der Waals surface area contributed by atoms with Crippen LogP contribution in [0.1, 0.15) is 40.5 Å². The van der Waals surface area contributed by atoms with Crippen LogP contribution >= 0.6 is 11.8 Å². The molecule has 1 aliphatic rings. The van der Waals surface area contributed by atoms with Crippen LogP contribution in [0, 0.1) is 12.7 Å². The molecule has 2 aromatic rings. The Bertz CT molecular complexity index is 852. The molecule has 1 aromatic carbocycles. The number of amidine groups is 1. The predicted octanol–water partition coefficient (Wildman–Crippen LogP) is 3.62. The lowest BCUT2D eigenvalue weighted by atomic mass is 9.87. The number of pyridine rings is 1. The highest BCUT2D eigenvalue weighted by atomic mass is 32.2. The largest absolute Gasteiger partial charge is 0.379 e. The second-order valence-corrected chi connectivity index (χ2v) is 7.52. The second kappa shape index (κ2) is 6.96. The molecule has 0 bridgehead atoms. The van der Waals surface area contributed by atoms with E-state index >= 15 is 0 Å². The van der Waals surface area contributed by atoms with Gasteiger partial charge in [0.15, 0.2) is 11.0 Å². The molecule has 0 saturated carbocycles. The molecule has 0 fully saturated rings. The maximum atomic E-state index is 14.4. The molecule has 1 aromatic heterocycles. The summed E-state index contributed by atoms with van der Waals surface area (Å²) in [5.41, 5.74) is 7.67. The smallest absolute Gasteiger partial charge is 0.185 e. The van der Waals surface area contributed by atoms with Crippen molar-refractivity contribution in [2.45, 2.75) is 32.2 Å². The zero-order valence-electron chi connectivity index (χ0n) is 14.3. The maximum Gasteiger partial charge on any atom is 0.185 e. The van der Waals surface area contributed by atoms with Gasteiger partial charge in [0.2, 0.25) is 0 Å². The molecule has 0 unspecified atom stereocenters. The van der Waals surface area contributed by atoms with Gasteiger partial charge >= 0.3 is 0 Å². The number of nitrogens with two attached hydrogens (primary N) is 1. The van der Waals surface area contributed by atoms with Crippen LogP contribution in [-0.4, -0.2) is 21.7 Å². The van der Waals surface area contributed by atoms with Gasteiger partial charge in [0.05, 0.1) is 5.54 Å². The molecule has 0 amide bonds. The first-order chi connectivity index (χ1) is 11.9. The summed E-state index contributed by atoms with van der Waals surface area (Å²) in [6.45, 7) is 3.74. The summed E-state index contributed by atoms with van der Waals surface area (Å²) in [6.07, 6.45) is 2.48. The average Bonchev–Trinajstić information content (AvgIpc) is 2.56. The Balaban J connectivity index is 1.91. The number of halogens is 1. The van der Waals surface area contributed by atoms with Crippen LogP contribution in [-0.2, 0) is 12.0 Å². The molecule has 0 aliphatic carbocycles. The number of carbonyl (C=O) groups is 1. The van der Waals surface area contributed by atoms with Crippen molar-refractivity contribution in [2.75, 3.05) is 5.75 Å². The average molecular weight is 357 g/mol. The second-order valence-electron chi connectivity index (χ2n) is 6.41. The fraction of sp³-hybridized carbons (Fsp3) is 0.316. The van der Waals surface area contributed by atoms with Crippen molar-refractivity contribution in [1.29, 1.82) is 0 Å². The van der Waals surface area contributed by atoms with Gasteiger partial charge in [-0.2, -0.15) is 0 Å². The van der Waals surface area contributed by atoms with Crippen molar-refractivity contribution in [2.24, 2.45) is 10.7 Å². The highest BCUT2D eigenvalue weighted by Gasteiger charge is 2.32. The molecule has 0 radical (unpaired) electrons. The third-order valence-corrected chi connectivity index (χ3v) is 5.24. The minimum Gasteiger partial charge on any atom is -0.379 e. The Morgan fingerprint density at radius 3 is 2.92 bits per heavy atom. The molecular weight excluding hydrogens is 337 g/mol. The van der Waals surface area contributed by atoms with E-state index in [1.165, 1.54) is 17.8 Å². The van der Waals surface area contributed by atoms with Gasteiger partial charge in [-0.3, -0.25) is 14.8 Å². The molecule has 25 heavy (non-hydrogen) atoms. The number of ketones is 1. The summed E-state index contributed by atoms with van der Waals surface area (Å²) < 4.78 is 14.4. The maximum absolute atomic E-state index is 14.4. The summed E-state index contributed by atoms with van der Waals surface area (Å²) in [5, 5.41) is 0.471. The molecule has 1 aliphatic heterocycles. The van der Waals surface area contributed by atoms with Gasteiger partial charge < -0.3 is 5.73 Å². The van der Waals surface area contributed by atoms with Crippen LogP contribution in [0.4, 0.5) is 4.39 Å². The topological polar surface area (TPSA) is 68.3 Å². The SMILES string of the molecule is Cc1cccnc1C(=O)Cc1ccc(F)c([C@]2(C)CCSC(N)=N2)c1. The normalized spacial score (nSPS) is 20.2. The Morgan fingerprint density at radius 2 is 2.20 bits per heavy atom. The molecule has 2 N–H and O–H groups in total. The van der Waals surface area contributed by atoms with E-state index in [-0.39, 0.29) is 18.0 Å². The van der Waals surface area contributed by atoms with Crippen molar-refractivity contribution in [3.63, 3.8) is 0 Å². The number of Topliss-reactive ketones (excluding diaryl/α,β-unsaturated/α-hetero) is 1. The first kappa shape index (κ1) is 17.6. The van der Waals surface area contributed by atoms with Crippen molar-refractivity contribution < 1.29 is 9.18 Å². The number of rotatable bonds is 4. The first-order valence-electron chi connectivity index (χ1n) is 8.11. The lowest BCUT2D eigenvalue weighted by Gasteiger charge is -2.30. The number of aryl methyl sites for hydroxylation is 1. The highest BCUT2D eigenvalue weighted by Crippen LogP contribution is 2.36. The van der Waals surface area contributed by atoms with Crippen LogP contribution in [0.15, 0.2) is 41.5 Å². The summed E-state index contributed by atoms with van der Waals surface area (Å²) in [6, 6.07) is 8.43. The number of benzene rings is 1. The lowest BCUT2D eigenvalue weighted by molar-refractivity contribution is 0.0987. The molecule has 0 spiro atoms. The third kappa shape index (κ3) is 3.74. The highest BCUT2D eigenvalue weighted by molar-refractivity contribution is 8.13. The quantitative estimate of drug-likeness (QED) is 0.849. The van der Waals surface area contributed by atoms with Crippen molar-refractivity contribution in [1.82, 2.24) is 4.98 Å². The van der Waals surface area contributed by atoms with Gasteiger partial charge in [0.1, 0.15) is 11.5 Å². The van der Waals surface area contributed by atoms with E-state index in [1.54, 1.807) is 24.4 Å². The molecule has 4 nitrogen and oxygen atoms in total. The Morgan fingerprint density at radius 1 is 1.40 bits per heavy atom. The standard InChI is InChI=1S/C19H20FN3OS/c1-12-4-3-8-22-17(12)16(24)11-13-5-6-15(20)14(10-13)19(2)7-9-25-18(21)23-19/h3-6,8,10H,7,9,11H2,1-2H3,(H2,21,23)/t19-/m0/s1. The van der Waals surface area contributed by atoms with E-state index in [1.807, 2.05) is 19.9 Å². The summed E-state index contributed by atoms with van der Waals surface area (Å²) in [7, 11) is 0. The molecule has 1 atom stereocenters. The predicted molar refractivity (Wildman–Crippen MR) is 99.5 cm³/mol. The van der Waals surface area contributed by atoms with Crippen molar-refractivity contribution in [3.8, 4) is 0 Å². The minimum atomic E-state index is -0.695. The monoisotopic (exact) mass is 357 g/mol. The van der Waals surface area contributed by atoms with Gasteiger partial charge in [0.25, 0.3) is 0 Å².